The molecule has 0 saturated heterocycles. The average Bonchev–Trinajstić information content (AvgIpc) is 3.50. The SMILES string of the molecule is Cn1cc(C2=C(c3c4n(c5ccccc35)CCC(CN(C=O)OC(C)(C)C)C4)C(=O)N(O)C2=O)c2ccccc21. The molecular weight excluding hydrogens is 508 g/mol. The number of hydroxylamine groups is 4. The highest BCUT2D eigenvalue weighted by Crippen LogP contribution is 2.44. The third kappa shape index (κ3) is 4.13. The maximum absolute atomic E-state index is 13.6. The Morgan fingerprint density at radius 1 is 1.00 bits per heavy atom. The molecule has 4 heterocycles. The van der Waals surface area contributed by atoms with Crippen LogP contribution in [0.1, 0.15) is 44.0 Å². The topological polar surface area (TPSA) is 97.0 Å². The number of rotatable bonds is 6. The van der Waals surface area contributed by atoms with Gasteiger partial charge in [-0.3, -0.25) is 24.4 Å². The molecule has 1 atom stereocenters. The van der Waals surface area contributed by atoms with Gasteiger partial charge in [-0.1, -0.05) is 36.4 Å². The fourth-order valence-electron chi connectivity index (χ4n) is 6.19. The molecule has 9 heteroatoms. The Balaban J connectivity index is 1.54. The minimum Gasteiger partial charge on any atom is -0.350 e. The molecule has 2 aromatic carbocycles. The first-order valence-corrected chi connectivity index (χ1v) is 13.5. The van der Waals surface area contributed by atoms with E-state index in [2.05, 4.69) is 4.57 Å². The van der Waals surface area contributed by atoms with Crippen molar-refractivity contribution in [3.05, 3.63) is 71.5 Å². The van der Waals surface area contributed by atoms with Gasteiger partial charge >= 0.3 is 0 Å². The van der Waals surface area contributed by atoms with Crippen LogP contribution < -0.4 is 0 Å². The van der Waals surface area contributed by atoms with E-state index >= 15 is 0 Å². The Bertz CT molecular complexity index is 1720. The minimum atomic E-state index is -0.738. The molecule has 1 unspecified atom stereocenters. The van der Waals surface area contributed by atoms with Gasteiger partial charge in [0.05, 0.1) is 23.3 Å². The number of para-hydroxylation sites is 2. The van der Waals surface area contributed by atoms with E-state index in [-0.39, 0.29) is 22.1 Å². The first-order valence-electron chi connectivity index (χ1n) is 13.5. The van der Waals surface area contributed by atoms with Crippen molar-refractivity contribution in [2.24, 2.45) is 13.0 Å². The van der Waals surface area contributed by atoms with Gasteiger partial charge in [0, 0.05) is 58.4 Å². The lowest BCUT2D eigenvalue weighted by Crippen LogP contribution is -2.38. The summed E-state index contributed by atoms with van der Waals surface area (Å²) in [6.45, 7) is 6.77. The quantitative estimate of drug-likeness (QED) is 0.168. The number of nitrogens with zero attached hydrogens (tertiary/aromatic N) is 4. The summed E-state index contributed by atoms with van der Waals surface area (Å²) in [5.41, 5.74) is 3.92. The van der Waals surface area contributed by atoms with Crippen LogP contribution >= 0.6 is 0 Å². The molecule has 1 N–H and O–H groups in total. The number of carbonyl (C=O) groups is 3. The van der Waals surface area contributed by atoms with Crippen molar-refractivity contribution in [2.45, 2.75) is 45.8 Å². The van der Waals surface area contributed by atoms with Crippen molar-refractivity contribution >= 4 is 51.2 Å². The maximum atomic E-state index is 13.6. The van der Waals surface area contributed by atoms with E-state index in [1.807, 2.05) is 87.1 Å². The van der Waals surface area contributed by atoms with Gasteiger partial charge in [0.25, 0.3) is 11.8 Å². The third-order valence-electron chi connectivity index (χ3n) is 7.75. The predicted molar refractivity (Wildman–Crippen MR) is 151 cm³/mol. The van der Waals surface area contributed by atoms with E-state index in [0.29, 0.717) is 37.0 Å². The van der Waals surface area contributed by atoms with Gasteiger partial charge in [-0.2, -0.15) is 0 Å². The molecule has 2 aromatic heterocycles. The molecule has 206 valence electrons. The van der Waals surface area contributed by atoms with Crippen LogP contribution in [0.5, 0.6) is 0 Å². The number of benzene rings is 2. The maximum Gasteiger partial charge on any atom is 0.286 e. The Hall–Kier alpha value is -4.21. The molecule has 6 rings (SSSR count). The molecule has 0 spiro atoms. The average molecular weight is 541 g/mol. The van der Waals surface area contributed by atoms with E-state index in [4.69, 9.17) is 4.84 Å². The number of hydrogen-bond donors (Lipinski definition) is 1. The zero-order chi connectivity index (χ0) is 28.3. The summed E-state index contributed by atoms with van der Waals surface area (Å²) in [7, 11) is 1.89. The van der Waals surface area contributed by atoms with Crippen LogP contribution in [0.3, 0.4) is 0 Å². The molecule has 40 heavy (non-hydrogen) atoms. The zero-order valence-corrected chi connectivity index (χ0v) is 23.0. The predicted octanol–water partition coefficient (Wildman–Crippen LogP) is 4.55. The lowest BCUT2D eigenvalue weighted by molar-refractivity contribution is -0.220. The summed E-state index contributed by atoms with van der Waals surface area (Å²) >= 11 is 0. The summed E-state index contributed by atoms with van der Waals surface area (Å²) in [6.07, 6.45) is 3.93. The number of aromatic nitrogens is 2. The van der Waals surface area contributed by atoms with Gasteiger partial charge < -0.3 is 9.13 Å². The van der Waals surface area contributed by atoms with Gasteiger partial charge in [-0.05, 0) is 51.7 Å². The van der Waals surface area contributed by atoms with Gasteiger partial charge in [0.2, 0.25) is 6.41 Å². The Morgan fingerprint density at radius 2 is 1.65 bits per heavy atom. The summed E-state index contributed by atoms with van der Waals surface area (Å²) in [5, 5.41) is 13.9. The van der Waals surface area contributed by atoms with Gasteiger partial charge in [-0.15, -0.1) is 5.06 Å². The highest BCUT2D eigenvalue weighted by Gasteiger charge is 2.43. The summed E-state index contributed by atoms with van der Waals surface area (Å²) in [4.78, 5) is 44.8. The van der Waals surface area contributed by atoms with Crippen molar-refractivity contribution in [3.8, 4) is 0 Å². The lowest BCUT2D eigenvalue weighted by atomic mass is 9.89. The molecule has 9 nitrogen and oxygen atoms in total. The van der Waals surface area contributed by atoms with Crippen molar-refractivity contribution in [1.82, 2.24) is 19.3 Å². The second-order valence-electron chi connectivity index (χ2n) is 11.6. The molecule has 0 saturated carbocycles. The Kier molecular flexibility index (Phi) is 6.16. The number of hydrogen-bond acceptors (Lipinski definition) is 5. The number of imide groups is 1. The number of amides is 3. The first-order chi connectivity index (χ1) is 19.1. The van der Waals surface area contributed by atoms with Gasteiger partial charge in [0.15, 0.2) is 0 Å². The monoisotopic (exact) mass is 540 g/mol. The van der Waals surface area contributed by atoms with E-state index in [9.17, 15) is 19.6 Å². The number of carbonyl (C=O) groups excluding carboxylic acids is 3. The fourth-order valence-corrected chi connectivity index (χ4v) is 6.19. The molecule has 3 amide bonds. The number of fused-ring (bicyclic) bond motifs is 4. The molecule has 2 aliphatic rings. The van der Waals surface area contributed by atoms with E-state index in [1.165, 1.54) is 5.06 Å². The highest BCUT2D eigenvalue weighted by molar-refractivity contribution is 6.50. The zero-order valence-electron chi connectivity index (χ0n) is 23.0. The highest BCUT2D eigenvalue weighted by atomic mass is 16.7. The minimum absolute atomic E-state index is 0.0714. The molecular formula is C31H32N4O5. The smallest absolute Gasteiger partial charge is 0.286 e. The van der Waals surface area contributed by atoms with Crippen LogP contribution in [0.4, 0.5) is 0 Å². The second-order valence-corrected chi connectivity index (χ2v) is 11.6. The van der Waals surface area contributed by atoms with E-state index in [0.717, 1.165) is 33.9 Å². The third-order valence-corrected chi connectivity index (χ3v) is 7.75. The first kappa shape index (κ1) is 26.0. The van der Waals surface area contributed by atoms with Crippen LogP contribution in [0.15, 0.2) is 54.7 Å². The Labute approximate surface area is 231 Å². The summed E-state index contributed by atoms with van der Waals surface area (Å²) in [6, 6.07) is 15.5. The van der Waals surface area contributed by atoms with E-state index in [1.54, 1.807) is 0 Å². The Morgan fingerprint density at radius 3 is 2.35 bits per heavy atom. The van der Waals surface area contributed by atoms with Crippen LogP contribution in [-0.4, -0.2) is 54.8 Å². The van der Waals surface area contributed by atoms with Crippen LogP contribution in [-0.2, 0) is 39.2 Å². The molecule has 0 fully saturated rings. The van der Waals surface area contributed by atoms with Crippen molar-refractivity contribution < 1.29 is 24.4 Å². The number of aryl methyl sites for hydroxylation is 2. The normalized spacial score (nSPS) is 17.8. The standard InChI is InChI=1S/C31H32N4O5/c1-31(2,3)40-33(18-36)16-19-13-14-34-24-12-8-6-10-21(24)26(25(34)15-19)28-27(29(37)35(39)30(28)38)22-17-32(4)23-11-7-5-9-20(22)23/h5-12,17-19,39H,13-16H2,1-4H3. The largest absolute Gasteiger partial charge is 0.350 e. The van der Waals surface area contributed by atoms with Gasteiger partial charge in [0.1, 0.15) is 0 Å². The second kappa shape index (κ2) is 9.46. The molecule has 0 aliphatic carbocycles. The molecule has 0 bridgehead atoms. The van der Waals surface area contributed by atoms with Crippen LogP contribution in [0, 0.1) is 5.92 Å². The van der Waals surface area contributed by atoms with Crippen LogP contribution in [0.2, 0.25) is 0 Å². The molecule has 0 radical (unpaired) electrons. The molecule has 4 aromatic rings. The summed E-state index contributed by atoms with van der Waals surface area (Å²) in [5.74, 6) is -1.40. The van der Waals surface area contributed by atoms with Crippen LogP contribution in [0.25, 0.3) is 33.0 Å². The fraction of sp³-hybridized carbons (Fsp3) is 0.323. The lowest BCUT2D eigenvalue weighted by Gasteiger charge is -2.32. The van der Waals surface area contributed by atoms with Crippen molar-refractivity contribution in [3.63, 3.8) is 0 Å². The molecule has 2 aliphatic heterocycles. The van der Waals surface area contributed by atoms with Crippen molar-refractivity contribution in [2.75, 3.05) is 6.54 Å². The van der Waals surface area contributed by atoms with E-state index < -0.39 is 17.4 Å². The summed E-state index contributed by atoms with van der Waals surface area (Å²) < 4.78 is 4.11. The van der Waals surface area contributed by atoms with Crippen molar-refractivity contribution in [1.29, 1.82) is 0 Å². The van der Waals surface area contributed by atoms with Gasteiger partial charge in [-0.25, -0.2) is 5.06 Å².